The van der Waals surface area contributed by atoms with Crippen LogP contribution < -0.4 is 15.0 Å². The second-order valence-electron chi connectivity index (χ2n) is 8.15. The number of benzene rings is 3. The number of thiazole rings is 1. The summed E-state index contributed by atoms with van der Waals surface area (Å²) in [5, 5.41) is 4.96. The molecule has 5 aromatic rings. The molecule has 1 aliphatic heterocycles. The third kappa shape index (κ3) is 3.32. The van der Waals surface area contributed by atoms with Crippen molar-refractivity contribution in [3.8, 4) is 11.4 Å². The summed E-state index contributed by atoms with van der Waals surface area (Å²) in [6, 6.07) is 22.8. The Balaban J connectivity index is 1.49. The van der Waals surface area contributed by atoms with E-state index in [0.29, 0.717) is 32.5 Å². The number of para-hydroxylation sites is 1. The predicted molar refractivity (Wildman–Crippen MR) is 134 cm³/mol. The van der Waals surface area contributed by atoms with Crippen LogP contribution in [-0.4, -0.2) is 20.5 Å². The second-order valence-corrected chi connectivity index (χ2v) is 9.56. The lowest BCUT2D eigenvalue weighted by atomic mass is 10.1. The van der Waals surface area contributed by atoms with E-state index in [2.05, 4.69) is 10.1 Å². The molecule has 3 aromatic carbocycles. The van der Waals surface area contributed by atoms with E-state index < -0.39 is 0 Å². The molecular formula is C26H17ClN4O2S. The van der Waals surface area contributed by atoms with Crippen molar-refractivity contribution in [2.24, 2.45) is 0 Å². The number of hydrogen-bond donors (Lipinski definition) is 0. The second kappa shape index (κ2) is 7.90. The van der Waals surface area contributed by atoms with Crippen molar-refractivity contribution in [3.05, 3.63) is 109 Å². The number of nitrogens with zero attached hydrogens (tertiary/aromatic N) is 4. The highest BCUT2D eigenvalue weighted by Gasteiger charge is 2.34. The van der Waals surface area contributed by atoms with Crippen molar-refractivity contribution in [2.75, 3.05) is 4.90 Å². The Hall–Kier alpha value is -3.81. The summed E-state index contributed by atoms with van der Waals surface area (Å²) < 4.78 is 1.61. The Bertz CT molecular complexity index is 1710. The van der Waals surface area contributed by atoms with Crippen LogP contribution in [0.1, 0.15) is 16.7 Å². The first-order chi connectivity index (χ1) is 16.5. The molecule has 0 N–H and O–H groups in total. The zero-order valence-electron chi connectivity index (χ0n) is 18.0. The van der Waals surface area contributed by atoms with Crippen molar-refractivity contribution in [1.82, 2.24) is 14.6 Å². The number of carbonyl (C=O) groups is 1. The predicted octanol–water partition coefficient (Wildman–Crippen LogP) is 4.24. The molecule has 6 rings (SSSR count). The molecule has 6 nitrogen and oxygen atoms in total. The van der Waals surface area contributed by atoms with Gasteiger partial charge in [-0.25, -0.2) is 0 Å². The Labute approximate surface area is 203 Å². The van der Waals surface area contributed by atoms with E-state index in [1.54, 1.807) is 17.0 Å². The number of anilines is 1. The molecular weight excluding hydrogens is 468 g/mol. The van der Waals surface area contributed by atoms with Gasteiger partial charge >= 0.3 is 0 Å². The van der Waals surface area contributed by atoms with Crippen molar-refractivity contribution < 1.29 is 4.79 Å². The van der Waals surface area contributed by atoms with Gasteiger partial charge in [-0.3, -0.25) is 9.59 Å². The monoisotopic (exact) mass is 484 g/mol. The smallest absolute Gasteiger partial charge is 0.291 e. The van der Waals surface area contributed by atoms with Gasteiger partial charge in [0.25, 0.3) is 11.5 Å². The molecule has 0 atom stereocenters. The van der Waals surface area contributed by atoms with Crippen LogP contribution >= 0.6 is 22.9 Å². The molecule has 0 bridgehead atoms. The van der Waals surface area contributed by atoms with Gasteiger partial charge < -0.3 is 4.90 Å². The third-order valence-electron chi connectivity index (χ3n) is 5.85. The molecule has 0 saturated carbocycles. The standard InChI is InChI=1S/C26H17ClN4O2S/c1-15-9-11-16(12-10-15)14-30-20-8-3-2-7-19(20)21(24(30)32)22-25(33)31-26(34-22)28-23(29-31)17-5-4-6-18(27)13-17/h2-13H,14H2,1H3/b22-21-. The zero-order chi connectivity index (χ0) is 23.4. The summed E-state index contributed by atoms with van der Waals surface area (Å²) in [6.07, 6.45) is 0. The van der Waals surface area contributed by atoms with Gasteiger partial charge in [0.15, 0.2) is 5.82 Å². The zero-order valence-corrected chi connectivity index (χ0v) is 19.6. The fourth-order valence-electron chi connectivity index (χ4n) is 4.17. The highest BCUT2D eigenvalue weighted by Crippen LogP contribution is 2.36. The summed E-state index contributed by atoms with van der Waals surface area (Å²) in [6.45, 7) is 2.45. The van der Waals surface area contributed by atoms with E-state index in [0.717, 1.165) is 27.9 Å². The summed E-state index contributed by atoms with van der Waals surface area (Å²) in [4.78, 5) is 33.6. The van der Waals surface area contributed by atoms with Crippen molar-refractivity contribution in [2.45, 2.75) is 13.5 Å². The third-order valence-corrected chi connectivity index (χ3v) is 7.12. The van der Waals surface area contributed by atoms with Crippen LogP contribution in [0.2, 0.25) is 5.02 Å². The number of fused-ring (bicyclic) bond motifs is 2. The van der Waals surface area contributed by atoms with Crippen LogP contribution in [0.4, 0.5) is 5.69 Å². The van der Waals surface area contributed by atoms with Gasteiger partial charge in [0.1, 0.15) is 4.53 Å². The first-order valence-electron chi connectivity index (χ1n) is 10.7. The summed E-state index contributed by atoms with van der Waals surface area (Å²) in [5.41, 5.74) is 4.49. The van der Waals surface area contributed by atoms with Gasteiger partial charge in [-0.05, 0) is 30.7 Å². The summed E-state index contributed by atoms with van der Waals surface area (Å²) in [7, 11) is 0. The van der Waals surface area contributed by atoms with Crippen LogP contribution in [0.15, 0.2) is 77.6 Å². The molecule has 0 saturated heterocycles. The molecule has 34 heavy (non-hydrogen) atoms. The molecule has 3 heterocycles. The number of aromatic nitrogens is 3. The quantitative estimate of drug-likeness (QED) is 0.384. The van der Waals surface area contributed by atoms with Crippen LogP contribution in [0.3, 0.4) is 0 Å². The Kier molecular flexibility index (Phi) is 4.83. The van der Waals surface area contributed by atoms with Crippen LogP contribution in [0, 0.1) is 6.92 Å². The number of halogens is 1. The van der Waals surface area contributed by atoms with Crippen LogP contribution in [0.25, 0.3) is 21.9 Å². The SMILES string of the molecule is Cc1ccc(CN2C(=O)/C(=c3\sc4nc(-c5cccc(Cl)c5)nn4c3=O)c3ccccc32)cc1. The maximum atomic E-state index is 13.6. The van der Waals surface area contributed by atoms with E-state index >= 15 is 0 Å². The number of aryl methyl sites for hydroxylation is 1. The number of rotatable bonds is 3. The molecule has 2 aromatic heterocycles. The van der Waals surface area contributed by atoms with E-state index in [4.69, 9.17) is 11.6 Å². The maximum absolute atomic E-state index is 13.6. The molecule has 0 radical (unpaired) electrons. The van der Waals surface area contributed by atoms with Gasteiger partial charge in [0.2, 0.25) is 4.96 Å². The van der Waals surface area contributed by atoms with Crippen LogP contribution in [0.5, 0.6) is 0 Å². The van der Waals surface area contributed by atoms with Crippen molar-refractivity contribution in [3.63, 3.8) is 0 Å². The van der Waals surface area contributed by atoms with Crippen LogP contribution in [-0.2, 0) is 11.3 Å². The first kappa shape index (κ1) is 20.8. The van der Waals surface area contributed by atoms with Gasteiger partial charge in [-0.15, -0.1) is 5.10 Å². The van der Waals surface area contributed by atoms with Gasteiger partial charge in [0.05, 0.1) is 17.8 Å². The fraction of sp³-hybridized carbons (Fsp3) is 0.0769. The molecule has 0 spiro atoms. The first-order valence-corrected chi connectivity index (χ1v) is 11.9. The number of amides is 1. The molecule has 1 amide bonds. The molecule has 8 heteroatoms. The van der Waals surface area contributed by atoms with E-state index in [9.17, 15) is 9.59 Å². The van der Waals surface area contributed by atoms with Gasteiger partial charge in [0, 0.05) is 16.1 Å². The Morgan fingerprint density at radius 3 is 2.53 bits per heavy atom. The molecule has 1 aliphatic rings. The molecule has 0 aliphatic carbocycles. The Morgan fingerprint density at radius 1 is 0.971 bits per heavy atom. The minimum atomic E-state index is -0.351. The number of carbonyl (C=O) groups excluding carboxylic acids is 1. The maximum Gasteiger partial charge on any atom is 0.291 e. The van der Waals surface area contributed by atoms with Gasteiger partial charge in [-0.2, -0.15) is 9.50 Å². The average Bonchev–Trinajstić information content (AvgIpc) is 3.47. The lowest BCUT2D eigenvalue weighted by Crippen LogP contribution is -2.32. The topological polar surface area (TPSA) is 67.6 Å². The van der Waals surface area contributed by atoms with E-state index in [1.807, 2.05) is 67.6 Å². The van der Waals surface area contributed by atoms with Crippen molar-refractivity contribution in [1.29, 1.82) is 0 Å². The highest BCUT2D eigenvalue weighted by atomic mass is 35.5. The fourth-order valence-corrected chi connectivity index (χ4v) is 5.36. The summed E-state index contributed by atoms with van der Waals surface area (Å²) >= 11 is 7.26. The molecule has 0 unspecified atom stereocenters. The lowest BCUT2D eigenvalue weighted by Gasteiger charge is -2.17. The van der Waals surface area contributed by atoms with E-state index in [-0.39, 0.29) is 11.5 Å². The lowest BCUT2D eigenvalue weighted by molar-refractivity contribution is -0.113. The number of hydrogen-bond acceptors (Lipinski definition) is 5. The minimum Gasteiger partial charge on any atom is -0.303 e. The van der Waals surface area contributed by atoms with Crippen molar-refractivity contribution >= 4 is 45.1 Å². The largest absolute Gasteiger partial charge is 0.303 e. The highest BCUT2D eigenvalue weighted by molar-refractivity contribution is 7.15. The summed E-state index contributed by atoms with van der Waals surface area (Å²) in [5.74, 6) is 0.222. The minimum absolute atomic E-state index is 0.196. The average molecular weight is 485 g/mol. The normalized spacial score (nSPS) is 14.8. The van der Waals surface area contributed by atoms with E-state index in [1.165, 1.54) is 15.9 Å². The Morgan fingerprint density at radius 2 is 1.76 bits per heavy atom. The molecule has 166 valence electrons. The van der Waals surface area contributed by atoms with Gasteiger partial charge in [-0.1, -0.05) is 83.1 Å². The molecule has 0 fully saturated rings.